The van der Waals surface area contributed by atoms with Crippen molar-refractivity contribution in [3.63, 3.8) is 0 Å². The van der Waals surface area contributed by atoms with E-state index in [0.29, 0.717) is 57.1 Å². The number of rotatable bonds is 6. The monoisotopic (exact) mass is 602 g/mol. The van der Waals surface area contributed by atoms with Crippen LogP contribution in [0.4, 0.5) is 0 Å². The molecule has 42 heavy (non-hydrogen) atoms. The molecule has 0 fully saturated rings. The van der Waals surface area contributed by atoms with Crippen LogP contribution in [0.5, 0.6) is 0 Å². The second-order valence-corrected chi connectivity index (χ2v) is 9.87. The summed E-state index contributed by atoms with van der Waals surface area (Å²) in [4.78, 5) is 24.3. The van der Waals surface area contributed by atoms with Gasteiger partial charge in [-0.05, 0) is 87.5 Å². The lowest BCUT2D eigenvalue weighted by atomic mass is 9.95. The van der Waals surface area contributed by atoms with E-state index in [1.54, 1.807) is 76.2 Å². The smallest absolute Gasteiger partial charge is 0.338 e. The molecule has 0 radical (unpaired) electrons. The number of thiocarbonyl (C=S) groups is 2. The van der Waals surface area contributed by atoms with Crippen molar-refractivity contribution < 1.29 is 19.1 Å². The highest BCUT2D eigenvalue weighted by Gasteiger charge is 2.31. The van der Waals surface area contributed by atoms with Crippen molar-refractivity contribution in [1.82, 2.24) is 21.3 Å². The van der Waals surface area contributed by atoms with Gasteiger partial charge < -0.3 is 30.7 Å². The van der Waals surface area contributed by atoms with E-state index in [1.807, 2.05) is 0 Å². The van der Waals surface area contributed by atoms with Crippen LogP contribution in [-0.4, -0.2) is 35.4 Å². The van der Waals surface area contributed by atoms with Gasteiger partial charge in [-0.15, -0.1) is 0 Å². The fourth-order valence-electron chi connectivity index (χ4n) is 4.35. The van der Waals surface area contributed by atoms with E-state index >= 15 is 0 Å². The van der Waals surface area contributed by atoms with Crippen LogP contribution < -0.4 is 21.3 Å². The van der Waals surface area contributed by atoms with Crippen molar-refractivity contribution in [2.45, 2.75) is 39.8 Å². The summed E-state index contributed by atoms with van der Waals surface area (Å²) in [5, 5.41) is 30.6. The molecule has 0 aromatic heterocycles. The molecule has 2 atom stereocenters. The zero-order chi connectivity index (χ0) is 30.8. The average molecular weight is 603 g/mol. The number of nitriles is 2. The molecular weight excluding hydrogens is 573 g/mol. The Hall–Kier alpha value is -4.78. The minimum atomic E-state index is -0.384. The fourth-order valence-corrected chi connectivity index (χ4v) is 4.89. The third kappa shape index (κ3) is 7.69. The van der Waals surface area contributed by atoms with Gasteiger partial charge in [0.05, 0.1) is 59.7 Å². The standard InChI is InChI=1S/2C15H15N3O2S/c2*1-3-20-14(19)12-9(2)17-15(21)18-13(12)11-6-4-10(8-16)5-7-11/h2*4-7,13H,3H2,1-2H3,(H2,17,18,21)/t2*13-/m10/s1. The Labute approximate surface area is 255 Å². The third-order valence-corrected chi connectivity index (χ3v) is 6.72. The average Bonchev–Trinajstić information content (AvgIpc) is 2.97. The number of nitrogens with zero attached hydrogens (tertiary/aromatic N) is 2. The summed E-state index contributed by atoms with van der Waals surface area (Å²) in [6.45, 7) is 7.71. The first-order chi connectivity index (χ1) is 20.1. The molecule has 0 aliphatic carbocycles. The van der Waals surface area contributed by atoms with Gasteiger partial charge in [0, 0.05) is 11.4 Å². The van der Waals surface area contributed by atoms with Crippen LogP contribution in [0.25, 0.3) is 0 Å². The van der Waals surface area contributed by atoms with Crippen LogP contribution >= 0.6 is 24.4 Å². The van der Waals surface area contributed by atoms with Gasteiger partial charge in [0.2, 0.25) is 0 Å². The minimum Gasteiger partial charge on any atom is -0.463 e. The summed E-state index contributed by atoms with van der Waals surface area (Å²) in [6.07, 6.45) is 0. The van der Waals surface area contributed by atoms with Gasteiger partial charge in [-0.25, -0.2) is 9.59 Å². The Bertz CT molecular complexity index is 1400. The Morgan fingerprint density at radius 3 is 1.33 bits per heavy atom. The van der Waals surface area contributed by atoms with Crippen LogP contribution in [0.1, 0.15) is 62.0 Å². The molecule has 0 unspecified atom stereocenters. The molecule has 0 spiro atoms. The Morgan fingerprint density at radius 2 is 1.05 bits per heavy atom. The maximum absolute atomic E-state index is 12.2. The van der Waals surface area contributed by atoms with E-state index in [-0.39, 0.29) is 24.0 Å². The molecule has 2 heterocycles. The van der Waals surface area contributed by atoms with E-state index in [4.69, 9.17) is 44.4 Å². The number of allylic oxidation sites excluding steroid dienone is 2. The number of benzene rings is 2. The molecule has 0 bridgehead atoms. The number of carbonyl (C=O) groups is 2. The molecule has 4 rings (SSSR count). The molecule has 2 aliphatic rings. The highest BCUT2D eigenvalue weighted by molar-refractivity contribution is 7.80. The Kier molecular flexibility index (Phi) is 11.1. The first kappa shape index (κ1) is 31.7. The fraction of sp³-hybridized carbons (Fsp3) is 0.267. The number of esters is 2. The Morgan fingerprint density at radius 1 is 0.714 bits per heavy atom. The summed E-state index contributed by atoms with van der Waals surface area (Å²) in [5.74, 6) is -0.765. The number of ether oxygens (including phenoxy) is 2. The van der Waals surface area contributed by atoms with Gasteiger partial charge in [0.1, 0.15) is 0 Å². The first-order valence-corrected chi connectivity index (χ1v) is 13.9. The van der Waals surface area contributed by atoms with Gasteiger partial charge in [0.25, 0.3) is 0 Å². The summed E-state index contributed by atoms with van der Waals surface area (Å²) < 4.78 is 10.2. The third-order valence-electron chi connectivity index (χ3n) is 6.28. The highest BCUT2D eigenvalue weighted by atomic mass is 32.1. The zero-order valence-corrected chi connectivity index (χ0v) is 25.2. The molecule has 10 nitrogen and oxygen atoms in total. The summed E-state index contributed by atoms with van der Waals surface area (Å²) >= 11 is 10.3. The van der Waals surface area contributed by atoms with Gasteiger partial charge in [-0.1, -0.05) is 24.3 Å². The molecule has 2 aromatic rings. The number of hydrogen-bond acceptors (Lipinski definition) is 8. The van der Waals surface area contributed by atoms with Crippen LogP contribution in [-0.2, 0) is 19.1 Å². The SMILES string of the molecule is CCOC(=O)C1=C(C)NC(=S)N[C@@H]1c1ccc(C#N)cc1.CCOC(=O)C1=C(C)NC(=S)N[C@H]1c1ccc(C#N)cc1. The van der Waals surface area contributed by atoms with Crippen LogP contribution in [0, 0.1) is 22.7 Å². The predicted molar refractivity (Wildman–Crippen MR) is 164 cm³/mol. The molecule has 12 heteroatoms. The van der Waals surface area contributed by atoms with Crippen LogP contribution in [0.3, 0.4) is 0 Å². The zero-order valence-electron chi connectivity index (χ0n) is 23.5. The van der Waals surface area contributed by atoms with Crippen LogP contribution in [0.2, 0.25) is 0 Å². The van der Waals surface area contributed by atoms with Crippen molar-refractivity contribution >= 4 is 46.6 Å². The molecule has 216 valence electrons. The quantitative estimate of drug-likeness (QED) is 0.281. The maximum atomic E-state index is 12.2. The lowest BCUT2D eigenvalue weighted by Crippen LogP contribution is -2.45. The molecule has 0 saturated heterocycles. The molecule has 0 saturated carbocycles. The van der Waals surface area contributed by atoms with Gasteiger partial charge in [-0.2, -0.15) is 10.5 Å². The molecular formula is C30H30N6O4S2. The maximum Gasteiger partial charge on any atom is 0.338 e. The highest BCUT2D eigenvalue weighted by Crippen LogP contribution is 2.29. The molecule has 0 amide bonds. The van der Waals surface area contributed by atoms with Crippen LogP contribution in [0.15, 0.2) is 71.1 Å². The van der Waals surface area contributed by atoms with Crippen molar-refractivity contribution in [3.8, 4) is 12.1 Å². The normalized spacial score (nSPS) is 17.6. The van der Waals surface area contributed by atoms with E-state index in [0.717, 1.165) is 11.1 Å². The van der Waals surface area contributed by atoms with E-state index < -0.39 is 0 Å². The number of hydrogen-bond donors (Lipinski definition) is 4. The van der Waals surface area contributed by atoms with Gasteiger partial charge in [0.15, 0.2) is 10.2 Å². The predicted octanol–water partition coefficient (Wildman–Crippen LogP) is 3.83. The van der Waals surface area contributed by atoms with Crippen molar-refractivity contribution in [3.05, 3.63) is 93.3 Å². The molecule has 4 N–H and O–H groups in total. The molecule has 2 aromatic carbocycles. The number of nitrogens with one attached hydrogen (secondary N) is 4. The number of carbonyl (C=O) groups excluding carboxylic acids is 2. The largest absolute Gasteiger partial charge is 0.463 e. The van der Waals surface area contributed by atoms with Crippen molar-refractivity contribution in [1.29, 1.82) is 10.5 Å². The van der Waals surface area contributed by atoms with Crippen molar-refractivity contribution in [2.24, 2.45) is 0 Å². The van der Waals surface area contributed by atoms with Gasteiger partial charge in [-0.3, -0.25) is 0 Å². The van der Waals surface area contributed by atoms with E-state index in [9.17, 15) is 9.59 Å². The minimum absolute atomic E-state index is 0.306. The first-order valence-electron chi connectivity index (χ1n) is 13.0. The lowest BCUT2D eigenvalue weighted by molar-refractivity contribution is -0.140. The molecule has 2 aliphatic heterocycles. The lowest BCUT2D eigenvalue weighted by Gasteiger charge is -2.29. The van der Waals surface area contributed by atoms with E-state index in [1.165, 1.54) is 0 Å². The Balaban J connectivity index is 0.000000230. The van der Waals surface area contributed by atoms with Crippen molar-refractivity contribution in [2.75, 3.05) is 13.2 Å². The van der Waals surface area contributed by atoms with E-state index in [2.05, 4.69) is 33.4 Å². The topological polar surface area (TPSA) is 148 Å². The van der Waals surface area contributed by atoms with Gasteiger partial charge >= 0.3 is 11.9 Å². The second-order valence-electron chi connectivity index (χ2n) is 9.05. The summed E-state index contributed by atoms with van der Waals surface area (Å²) in [6, 6.07) is 17.4. The summed E-state index contributed by atoms with van der Waals surface area (Å²) in [7, 11) is 0. The summed E-state index contributed by atoms with van der Waals surface area (Å²) in [5.41, 5.74) is 5.16. The second kappa shape index (κ2) is 14.7.